The van der Waals surface area contributed by atoms with Crippen molar-refractivity contribution in [1.82, 2.24) is 10.2 Å². The molecule has 3 rings (SSSR count). The van der Waals surface area contributed by atoms with Crippen LogP contribution in [0.2, 0.25) is 0 Å². The Labute approximate surface area is 117 Å². The van der Waals surface area contributed by atoms with Gasteiger partial charge in [0.2, 0.25) is 0 Å². The molecule has 0 radical (unpaired) electrons. The third-order valence-electron chi connectivity index (χ3n) is 4.67. The van der Waals surface area contributed by atoms with E-state index in [1.54, 1.807) is 11.1 Å². The number of hydrogen-bond acceptors (Lipinski definition) is 2. The van der Waals surface area contributed by atoms with E-state index >= 15 is 0 Å². The Morgan fingerprint density at radius 2 is 1.84 bits per heavy atom. The fourth-order valence-electron chi connectivity index (χ4n) is 3.42. The predicted octanol–water partition coefficient (Wildman–Crippen LogP) is 3.03. The van der Waals surface area contributed by atoms with Crippen LogP contribution >= 0.6 is 0 Å². The van der Waals surface area contributed by atoms with Crippen LogP contribution in [0.5, 0.6) is 0 Å². The van der Waals surface area contributed by atoms with Gasteiger partial charge in [-0.3, -0.25) is 4.90 Å². The molecule has 2 unspecified atom stereocenters. The molecule has 0 amide bonds. The zero-order valence-electron chi connectivity index (χ0n) is 12.2. The van der Waals surface area contributed by atoms with Gasteiger partial charge < -0.3 is 5.32 Å². The van der Waals surface area contributed by atoms with Gasteiger partial charge in [-0.25, -0.2) is 0 Å². The van der Waals surface area contributed by atoms with Gasteiger partial charge in [-0.2, -0.15) is 0 Å². The van der Waals surface area contributed by atoms with Crippen LogP contribution < -0.4 is 5.32 Å². The van der Waals surface area contributed by atoms with Crippen molar-refractivity contribution in [2.45, 2.75) is 45.8 Å². The molecule has 0 spiro atoms. The maximum atomic E-state index is 3.63. The lowest BCUT2D eigenvalue weighted by Gasteiger charge is -2.43. The lowest BCUT2D eigenvalue weighted by molar-refractivity contribution is 0.0589. The zero-order chi connectivity index (χ0) is 13.2. The molecule has 1 aliphatic carbocycles. The Kier molecular flexibility index (Phi) is 3.90. The molecule has 1 aliphatic heterocycles. The van der Waals surface area contributed by atoms with Crippen LogP contribution in [-0.4, -0.2) is 24.0 Å². The second kappa shape index (κ2) is 5.64. The molecule has 0 bridgehead atoms. The first-order valence-corrected chi connectivity index (χ1v) is 7.75. The molecule has 2 aliphatic rings. The summed E-state index contributed by atoms with van der Waals surface area (Å²) in [5.74, 6) is 1.63. The lowest BCUT2D eigenvalue weighted by Crippen LogP contribution is -2.48. The van der Waals surface area contributed by atoms with Crippen LogP contribution in [0.3, 0.4) is 0 Å². The number of nitrogens with one attached hydrogen (secondary N) is 1. The standard InChI is InChI=1S/C17H26N2/c1-13(2)9-18-10-14-7-8-17(14)19-11-15-5-3-4-6-16(15)12-19/h3-6,13-14,17-18H,7-12H2,1-2H3. The van der Waals surface area contributed by atoms with Crippen molar-refractivity contribution in [2.75, 3.05) is 13.1 Å². The van der Waals surface area contributed by atoms with E-state index in [0.717, 1.165) is 24.4 Å². The number of fused-ring (bicyclic) bond motifs is 1. The fraction of sp³-hybridized carbons (Fsp3) is 0.647. The quantitative estimate of drug-likeness (QED) is 0.873. The Balaban J connectivity index is 1.51. The summed E-state index contributed by atoms with van der Waals surface area (Å²) in [7, 11) is 0. The average molecular weight is 258 g/mol. The highest BCUT2D eigenvalue weighted by Crippen LogP contribution is 2.36. The molecule has 2 atom stereocenters. The molecule has 0 aromatic heterocycles. The van der Waals surface area contributed by atoms with Gasteiger partial charge in [-0.15, -0.1) is 0 Å². The number of hydrogen-bond donors (Lipinski definition) is 1. The van der Waals surface area contributed by atoms with Crippen LogP contribution in [0, 0.1) is 11.8 Å². The first-order chi connectivity index (χ1) is 9.24. The van der Waals surface area contributed by atoms with E-state index in [9.17, 15) is 0 Å². The molecule has 2 nitrogen and oxygen atoms in total. The molecule has 1 heterocycles. The van der Waals surface area contributed by atoms with Crippen molar-refractivity contribution >= 4 is 0 Å². The normalized spacial score (nSPS) is 26.5. The van der Waals surface area contributed by atoms with E-state index < -0.39 is 0 Å². The van der Waals surface area contributed by atoms with Crippen molar-refractivity contribution in [3.8, 4) is 0 Å². The minimum absolute atomic E-state index is 0.759. The van der Waals surface area contributed by atoms with Gasteiger partial charge in [-0.05, 0) is 48.9 Å². The van der Waals surface area contributed by atoms with Crippen LogP contribution in [0.25, 0.3) is 0 Å². The molecule has 1 N–H and O–H groups in total. The summed E-state index contributed by atoms with van der Waals surface area (Å²) in [6.07, 6.45) is 2.80. The van der Waals surface area contributed by atoms with Gasteiger partial charge in [-0.1, -0.05) is 38.1 Å². The molecule has 1 saturated carbocycles. The summed E-state index contributed by atoms with van der Waals surface area (Å²) in [4.78, 5) is 2.69. The largest absolute Gasteiger partial charge is 0.316 e. The number of rotatable bonds is 5. The summed E-state index contributed by atoms with van der Waals surface area (Å²) in [5, 5.41) is 3.63. The van der Waals surface area contributed by atoms with E-state index in [1.165, 1.54) is 32.5 Å². The van der Waals surface area contributed by atoms with Gasteiger partial charge in [0.15, 0.2) is 0 Å². The van der Waals surface area contributed by atoms with E-state index in [0.29, 0.717) is 0 Å². The van der Waals surface area contributed by atoms with Crippen LogP contribution in [-0.2, 0) is 13.1 Å². The van der Waals surface area contributed by atoms with Crippen molar-refractivity contribution in [3.63, 3.8) is 0 Å². The van der Waals surface area contributed by atoms with Gasteiger partial charge in [0.05, 0.1) is 0 Å². The molecule has 0 saturated heterocycles. The SMILES string of the molecule is CC(C)CNCC1CCC1N1Cc2ccccc2C1. The van der Waals surface area contributed by atoms with Gasteiger partial charge in [0.1, 0.15) is 0 Å². The summed E-state index contributed by atoms with van der Waals surface area (Å²) in [6.45, 7) is 9.26. The highest BCUT2D eigenvalue weighted by atomic mass is 15.2. The molecule has 19 heavy (non-hydrogen) atoms. The Morgan fingerprint density at radius 3 is 2.37 bits per heavy atom. The molecular weight excluding hydrogens is 232 g/mol. The smallest absolute Gasteiger partial charge is 0.0243 e. The third kappa shape index (κ3) is 2.85. The maximum absolute atomic E-state index is 3.63. The molecule has 1 aromatic rings. The van der Waals surface area contributed by atoms with Crippen molar-refractivity contribution in [2.24, 2.45) is 11.8 Å². The monoisotopic (exact) mass is 258 g/mol. The van der Waals surface area contributed by atoms with Crippen molar-refractivity contribution in [3.05, 3.63) is 35.4 Å². The summed E-state index contributed by atoms with van der Waals surface area (Å²) in [6, 6.07) is 9.74. The van der Waals surface area contributed by atoms with E-state index in [2.05, 4.69) is 48.3 Å². The Bertz CT molecular complexity index is 402. The third-order valence-corrected chi connectivity index (χ3v) is 4.67. The highest BCUT2D eigenvalue weighted by Gasteiger charge is 2.37. The Hall–Kier alpha value is -0.860. The zero-order valence-corrected chi connectivity index (χ0v) is 12.2. The van der Waals surface area contributed by atoms with Crippen molar-refractivity contribution in [1.29, 1.82) is 0 Å². The number of nitrogens with zero attached hydrogens (tertiary/aromatic N) is 1. The first kappa shape index (κ1) is 13.1. The molecule has 1 fully saturated rings. The van der Waals surface area contributed by atoms with Gasteiger partial charge >= 0.3 is 0 Å². The molecule has 104 valence electrons. The first-order valence-electron chi connectivity index (χ1n) is 7.75. The maximum Gasteiger partial charge on any atom is 0.0243 e. The van der Waals surface area contributed by atoms with E-state index in [1.807, 2.05) is 0 Å². The topological polar surface area (TPSA) is 15.3 Å². The summed E-state index contributed by atoms with van der Waals surface area (Å²) >= 11 is 0. The fourth-order valence-corrected chi connectivity index (χ4v) is 3.42. The minimum atomic E-state index is 0.759. The van der Waals surface area contributed by atoms with E-state index in [-0.39, 0.29) is 0 Å². The highest BCUT2D eigenvalue weighted by molar-refractivity contribution is 5.30. The molecule has 1 aromatic carbocycles. The minimum Gasteiger partial charge on any atom is -0.316 e. The second-order valence-electron chi connectivity index (χ2n) is 6.63. The second-order valence-corrected chi connectivity index (χ2v) is 6.63. The molecular formula is C17H26N2. The summed E-state index contributed by atoms with van der Waals surface area (Å²) in [5.41, 5.74) is 3.09. The molecule has 2 heteroatoms. The van der Waals surface area contributed by atoms with Crippen LogP contribution in [0.1, 0.15) is 37.8 Å². The average Bonchev–Trinajstić information content (AvgIpc) is 2.75. The lowest BCUT2D eigenvalue weighted by atomic mass is 9.78. The summed E-state index contributed by atoms with van der Waals surface area (Å²) < 4.78 is 0. The van der Waals surface area contributed by atoms with Gasteiger partial charge in [0.25, 0.3) is 0 Å². The van der Waals surface area contributed by atoms with Crippen LogP contribution in [0.15, 0.2) is 24.3 Å². The number of benzene rings is 1. The predicted molar refractivity (Wildman–Crippen MR) is 79.9 cm³/mol. The van der Waals surface area contributed by atoms with E-state index in [4.69, 9.17) is 0 Å². The van der Waals surface area contributed by atoms with Gasteiger partial charge in [0, 0.05) is 19.1 Å². The Morgan fingerprint density at radius 1 is 1.16 bits per heavy atom. The van der Waals surface area contributed by atoms with Crippen LogP contribution in [0.4, 0.5) is 0 Å². The van der Waals surface area contributed by atoms with Crippen molar-refractivity contribution < 1.29 is 0 Å².